The Hall–Kier alpha value is -0.990. The molecule has 0 saturated carbocycles. The minimum atomic E-state index is -4.05. The molecule has 0 spiro atoms. The van der Waals surface area contributed by atoms with E-state index in [0.717, 1.165) is 6.07 Å². The molecule has 8 heteroatoms. The van der Waals surface area contributed by atoms with Gasteiger partial charge >= 0.3 is 5.97 Å². The molecule has 1 aromatic carbocycles. The second-order valence-corrected chi connectivity index (χ2v) is 6.06. The molecule has 18 heavy (non-hydrogen) atoms. The number of hydrogen-bond donors (Lipinski definition) is 2. The SMILES string of the molecule is CC[C@@H](NS(=O)(=O)c1ccc(Br)c(F)c1)C(=O)O. The Bertz CT molecular complexity index is 561. The zero-order valence-electron chi connectivity index (χ0n) is 9.35. The van der Waals surface area contributed by atoms with Crippen LogP contribution in [0.25, 0.3) is 0 Å². The molecule has 0 aromatic heterocycles. The van der Waals surface area contributed by atoms with Crippen molar-refractivity contribution in [2.45, 2.75) is 24.3 Å². The van der Waals surface area contributed by atoms with E-state index in [4.69, 9.17) is 5.11 Å². The highest BCUT2D eigenvalue weighted by Gasteiger charge is 2.24. The van der Waals surface area contributed by atoms with Crippen molar-refractivity contribution in [2.75, 3.05) is 0 Å². The molecule has 0 aliphatic carbocycles. The van der Waals surface area contributed by atoms with Gasteiger partial charge in [-0.15, -0.1) is 0 Å². The second kappa shape index (κ2) is 5.77. The first-order valence-electron chi connectivity index (χ1n) is 4.98. The molecule has 1 atom stereocenters. The van der Waals surface area contributed by atoms with Gasteiger partial charge < -0.3 is 5.11 Å². The number of benzene rings is 1. The number of rotatable bonds is 5. The van der Waals surface area contributed by atoms with E-state index in [9.17, 15) is 17.6 Å². The van der Waals surface area contributed by atoms with Crippen LogP contribution in [0.3, 0.4) is 0 Å². The lowest BCUT2D eigenvalue weighted by molar-refractivity contribution is -0.139. The summed E-state index contributed by atoms with van der Waals surface area (Å²) in [6, 6.07) is 2.01. The maximum atomic E-state index is 13.2. The minimum Gasteiger partial charge on any atom is -0.480 e. The molecule has 0 unspecified atom stereocenters. The largest absolute Gasteiger partial charge is 0.480 e. The minimum absolute atomic E-state index is 0.0908. The summed E-state index contributed by atoms with van der Waals surface area (Å²) < 4.78 is 39.0. The maximum Gasteiger partial charge on any atom is 0.321 e. The van der Waals surface area contributed by atoms with Gasteiger partial charge in [-0.3, -0.25) is 4.79 Å². The van der Waals surface area contributed by atoms with Crippen molar-refractivity contribution in [3.63, 3.8) is 0 Å². The van der Waals surface area contributed by atoms with Crippen molar-refractivity contribution >= 4 is 31.9 Å². The van der Waals surface area contributed by atoms with Crippen LogP contribution in [-0.4, -0.2) is 25.5 Å². The zero-order chi connectivity index (χ0) is 13.9. The van der Waals surface area contributed by atoms with Crippen LogP contribution < -0.4 is 4.72 Å². The van der Waals surface area contributed by atoms with Crippen LogP contribution in [0.2, 0.25) is 0 Å². The van der Waals surface area contributed by atoms with Crippen LogP contribution in [0.15, 0.2) is 27.6 Å². The average molecular weight is 340 g/mol. The van der Waals surface area contributed by atoms with E-state index in [1.165, 1.54) is 19.1 Å². The molecule has 0 radical (unpaired) electrons. The molecule has 100 valence electrons. The summed E-state index contributed by atoms with van der Waals surface area (Å²) >= 11 is 2.90. The van der Waals surface area contributed by atoms with E-state index >= 15 is 0 Å². The van der Waals surface area contributed by atoms with Gasteiger partial charge in [0.2, 0.25) is 10.0 Å². The molecule has 0 heterocycles. The maximum absolute atomic E-state index is 13.2. The van der Waals surface area contributed by atoms with Crippen molar-refractivity contribution < 1.29 is 22.7 Å². The average Bonchev–Trinajstić information content (AvgIpc) is 2.29. The quantitative estimate of drug-likeness (QED) is 0.855. The van der Waals surface area contributed by atoms with Gasteiger partial charge in [0.1, 0.15) is 11.9 Å². The molecule has 0 amide bonds. The molecule has 1 aromatic rings. The first kappa shape index (κ1) is 15.1. The Morgan fingerprint density at radius 1 is 1.56 bits per heavy atom. The number of carbonyl (C=O) groups is 1. The van der Waals surface area contributed by atoms with Gasteiger partial charge in [0.15, 0.2) is 0 Å². The molecule has 0 fully saturated rings. The summed E-state index contributed by atoms with van der Waals surface area (Å²) in [5.41, 5.74) is 0. The van der Waals surface area contributed by atoms with Crippen LogP contribution in [0, 0.1) is 5.82 Å². The zero-order valence-corrected chi connectivity index (χ0v) is 11.8. The van der Waals surface area contributed by atoms with Crippen LogP contribution >= 0.6 is 15.9 Å². The number of carboxylic acids is 1. The fraction of sp³-hybridized carbons (Fsp3) is 0.300. The third kappa shape index (κ3) is 3.50. The van der Waals surface area contributed by atoms with Crippen LogP contribution in [0.5, 0.6) is 0 Å². The first-order valence-corrected chi connectivity index (χ1v) is 7.25. The Morgan fingerprint density at radius 2 is 2.17 bits per heavy atom. The summed E-state index contributed by atoms with van der Waals surface area (Å²) in [4.78, 5) is 10.4. The number of halogens is 2. The van der Waals surface area contributed by atoms with Crippen LogP contribution in [0.1, 0.15) is 13.3 Å². The first-order chi connectivity index (χ1) is 8.27. The molecule has 0 aliphatic rings. The highest BCUT2D eigenvalue weighted by atomic mass is 79.9. The van der Waals surface area contributed by atoms with E-state index in [-0.39, 0.29) is 15.8 Å². The van der Waals surface area contributed by atoms with Gasteiger partial charge in [-0.25, -0.2) is 12.8 Å². The Balaban J connectivity index is 3.06. The number of sulfonamides is 1. The molecule has 2 N–H and O–H groups in total. The van der Waals surface area contributed by atoms with E-state index < -0.39 is 27.9 Å². The van der Waals surface area contributed by atoms with Gasteiger partial charge in [-0.05, 0) is 40.5 Å². The van der Waals surface area contributed by atoms with E-state index in [1.807, 2.05) is 4.72 Å². The lowest BCUT2D eigenvalue weighted by atomic mass is 10.2. The fourth-order valence-corrected chi connectivity index (χ4v) is 2.74. The summed E-state index contributed by atoms with van der Waals surface area (Å²) in [6.45, 7) is 1.53. The van der Waals surface area contributed by atoms with Crippen molar-refractivity contribution in [3.8, 4) is 0 Å². The number of hydrogen-bond acceptors (Lipinski definition) is 3. The smallest absolute Gasteiger partial charge is 0.321 e. The van der Waals surface area contributed by atoms with Crippen LogP contribution in [0.4, 0.5) is 4.39 Å². The van der Waals surface area contributed by atoms with Crippen molar-refractivity contribution in [3.05, 3.63) is 28.5 Å². The topological polar surface area (TPSA) is 83.5 Å². The summed E-state index contributed by atoms with van der Waals surface area (Å²) in [7, 11) is -4.05. The van der Waals surface area contributed by atoms with Gasteiger partial charge in [0.05, 0.1) is 9.37 Å². The predicted octanol–water partition coefficient (Wildman–Crippen LogP) is 1.73. The Labute approximate surface area is 112 Å². The normalized spacial score (nSPS) is 13.3. The van der Waals surface area contributed by atoms with Crippen molar-refractivity contribution in [1.29, 1.82) is 0 Å². The summed E-state index contributed by atoms with van der Waals surface area (Å²) in [6.07, 6.45) is 0.0908. The van der Waals surface area contributed by atoms with Gasteiger partial charge in [0.25, 0.3) is 0 Å². The standard InChI is InChI=1S/C10H11BrFNO4S/c1-2-9(10(14)15)13-18(16,17)6-3-4-7(11)8(12)5-6/h3-5,9,13H,2H2,1H3,(H,14,15)/t9-/m1/s1. The molecule has 0 aliphatic heterocycles. The Kier molecular flexibility index (Phi) is 4.83. The van der Waals surface area contributed by atoms with Crippen molar-refractivity contribution in [1.82, 2.24) is 4.72 Å². The van der Waals surface area contributed by atoms with Gasteiger partial charge in [-0.1, -0.05) is 6.92 Å². The molecular formula is C10H11BrFNO4S. The number of aliphatic carboxylic acids is 1. The molecule has 1 rings (SSSR count). The monoisotopic (exact) mass is 339 g/mol. The van der Waals surface area contributed by atoms with E-state index in [0.29, 0.717) is 0 Å². The third-order valence-electron chi connectivity index (χ3n) is 2.21. The highest BCUT2D eigenvalue weighted by molar-refractivity contribution is 9.10. The molecule has 0 saturated heterocycles. The van der Waals surface area contributed by atoms with Crippen LogP contribution in [-0.2, 0) is 14.8 Å². The molecule has 5 nitrogen and oxygen atoms in total. The lowest BCUT2D eigenvalue weighted by Gasteiger charge is -2.12. The number of nitrogens with one attached hydrogen (secondary N) is 1. The number of carboxylic acid groups (broad SMARTS) is 1. The second-order valence-electron chi connectivity index (χ2n) is 3.50. The predicted molar refractivity (Wildman–Crippen MR) is 66.1 cm³/mol. The van der Waals surface area contributed by atoms with Gasteiger partial charge in [0, 0.05) is 0 Å². The van der Waals surface area contributed by atoms with E-state index in [1.54, 1.807) is 0 Å². The Morgan fingerprint density at radius 3 is 2.61 bits per heavy atom. The van der Waals surface area contributed by atoms with Crippen molar-refractivity contribution in [2.24, 2.45) is 0 Å². The highest BCUT2D eigenvalue weighted by Crippen LogP contribution is 2.19. The van der Waals surface area contributed by atoms with E-state index in [2.05, 4.69) is 15.9 Å². The fourth-order valence-electron chi connectivity index (χ4n) is 1.21. The lowest BCUT2D eigenvalue weighted by Crippen LogP contribution is -2.40. The molecule has 0 bridgehead atoms. The summed E-state index contributed by atoms with van der Waals surface area (Å²) in [5, 5.41) is 8.77. The summed E-state index contributed by atoms with van der Waals surface area (Å²) in [5.74, 6) is -2.01. The third-order valence-corrected chi connectivity index (χ3v) is 4.32. The molecular weight excluding hydrogens is 329 g/mol. The van der Waals surface area contributed by atoms with Gasteiger partial charge in [-0.2, -0.15) is 4.72 Å².